The van der Waals surface area contributed by atoms with Crippen LogP contribution >= 0.6 is 0 Å². The molecular weight excluding hydrogens is 380 g/mol. The molecule has 30 heavy (non-hydrogen) atoms. The fourth-order valence-corrected chi connectivity index (χ4v) is 3.80. The van der Waals surface area contributed by atoms with Crippen molar-refractivity contribution in [3.05, 3.63) is 35.4 Å². The number of guanidine groups is 1. The Balaban J connectivity index is 1.27. The van der Waals surface area contributed by atoms with Crippen LogP contribution in [0.2, 0.25) is 0 Å². The van der Waals surface area contributed by atoms with Crippen LogP contribution in [0.1, 0.15) is 43.2 Å². The average Bonchev–Trinajstić information content (AvgIpc) is 3.18. The van der Waals surface area contributed by atoms with Gasteiger partial charge in [0.2, 0.25) is 5.91 Å². The molecule has 0 radical (unpaired) electrons. The predicted octanol–water partition coefficient (Wildman–Crippen LogP) is 2.31. The van der Waals surface area contributed by atoms with Crippen molar-refractivity contribution in [3.63, 3.8) is 0 Å². The number of ether oxygens (including phenoxy) is 2. The molecule has 7 heteroatoms. The van der Waals surface area contributed by atoms with Crippen molar-refractivity contribution < 1.29 is 14.3 Å². The Kier molecular flexibility index (Phi) is 9.44. The fraction of sp³-hybridized carbons (Fsp3) is 0.652. The predicted molar refractivity (Wildman–Crippen MR) is 118 cm³/mol. The minimum atomic E-state index is 0.268. The van der Waals surface area contributed by atoms with Crippen molar-refractivity contribution in [1.82, 2.24) is 15.5 Å². The van der Waals surface area contributed by atoms with Gasteiger partial charge in [-0.1, -0.05) is 24.3 Å². The molecule has 3 rings (SSSR count). The second-order valence-corrected chi connectivity index (χ2v) is 8.07. The Hall–Kier alpha value is -2.12. The third-order valence-electron chi connectivity index (χ3n) is 5.70. The summed E-state index contributed by atoms with van der Waals surface area (Å²) in [4.78, 5) is 18.0. The first-order valence-electron chi connectivity index (χ1n) is 11.2. The maximum atomic E-state index is 11.8. The monoisotopic (exact) mass is 416 g/mol. The van der Waals surface area contributed by atoms with E-state index in [1.165, 1.54) is 11.1 Å². The number of nitrogens with one attached hydrogen (secondary N) is 2. The molecule has 166 valence electrons. The molecule has 0 aliphatic carbocycles. The van der Waals surface area contributed by atoms with E-state index in [0.29, 0.717) is 25.4 Å². The lowest BCUT2D eigenvalue weighted by Crippen LogP contribution is -2.37. The zero-order valence-electron chi connectivity index (χ0n) is 18.2. The van der Waals surface area contributed by atoms with E-state index in [2.05, 4.69) is 39.9 Å². The van der Waals surface area contributed by atoms with Crippen LogP contribution in [0.15, 0.2) is 29.3 Å². The summed E-state index contributed by atoms with van der Waals surface area (Å²) in [5.41, 5.74) is 2.37. The normalized spacial score (nSPS) is 18.1. The first kappa shape index (κ1) is 22.6. The summed E-state index contributed by atoms with van der Waals surface area (Å²) in [5, 5.41) is 6.68. The van der Waals surface area contributed by atoms with E-state index in [-0.39, 0.29) is 5.91 Å². The van der Waals surface area contributed by atoms with E-state index < -0.39 is 0 Å². The molecule has 2 fully saturated rings. The van der Waals surface area contributed by atoms with Gasteiger partial charge in [-0.25, -0.2) is 0 Å². The third kappa shape index (κ3) is 7.61. The van der Waals surface area contributed by atoms with Gasteiger partial charge in [0.25, 0.3) is 0 Å². The second kappa shape index (κ2) is 12.5. The van der Waals surface area contributed by atoms with Gasteiger partial charge < -0.3 is 25.0 Å². The highest BCUT2D eigenvalue weighted by molar-refractivity contribution is 5.79. The first-order valence-corrected chi connectivity index (χ1v) is 11.2. The number of hydrogen-bond acceptors (Lipinski definition) is 4. The van der Waals surface area contributed by atoms with Crippen molar-refractivity contribution in [3.8, 4) is 0 Å². The first-order chi connectivity index (χ1) is 14.7. The number of hydrogen-bond donors (Lipinski definition) is 2. The number of benzene rings is 1. The van der Waals surface area contributed by atoms with Gasteiger partial charge in [-0.2, -0.15) is 0 Å². The SMILES string of the molecule is CN=C(NCCCOCC1CCOCC1)NCc1ccc(CN2CCCC2=O)cc1. The molecule has 2 aliphatic heterocycles. The minimum absolute atomic E-state index is 0.268. The number of aliphatic imine (C=N–C) groups is 1. The van der Waals surface area contributed by atoms with E-state index >= 15 is 0 Å². The molecule has 0 bridgehead atoms. The van der Waals surface area contributed by atoms with Crippen molar-refractivity contribution in [1.29, 1.82) is 0 Å². The molecule has 2 saturated heterocycles. The number of amides is 1. The number of nitrogens with zero attached hydrogens (tertiary/aromatic N) is 2. The largest absolute Gasteiger partial charge is 0.381 e. The molecule has 0 unspecified atom stereocenters. The van der Waals surface area contributed by atoms with Crippen LogP contribution in [0.25, 0.3) is 0 Å². The van der Waals surface area contributed by atoms with E-state index in [1.54, 1.807) is 7.05 Å². The van der Waals surface area contributed by atoms with Crippen LogP contribution in [0, 0.1) is 5.92 Å². The summed E-state index contributed by atoms with van der Waals surface area (Å²) in [6.07, 6.45) is 4.86. The Morgan fingerprint density at radius 1 is 1.20 bits per heavy atom. The van der Waals surface area contributed by atoms with E-state index in [1.807, 2.05) is 4.90 Å². The standard InChI is InChI=1S/C23H36N4O3/c1-24-23(25-11-3-13-30-18-21-9-14-29-15-10-21)26-16-19-5-7-20(8-6-19)17-27-12-2-4-22(27)28/h5-8,21H,2-4,9-18H2,1H3,(H2,24,25,26). The van der Waals surface area contributed by atoms with Gasteiger partial charge in [0.1, 0.15) is 0 Å². The smallest absolute Gasteiger partial charge is 0.222 e. The Morgan fingerprint density at radius 3 is 2.67 bits per heavy atom. The molecule has 0 atom stereocenters. The summed E-state index contributed by atoms with van der Waals surface area (Å²) in [6.45, 7) is 6.49. The molecule has 0 saturated carbocycles. The quantitative estimate of drug-likeness (QED) is 0.348. The van der Waals surface area contributed by atoms with Crippen LogP contribution in [0.3, 0.4) is 0 Å². The highest BCUT2D eigenvalue weighted by atomic mass is 16.5. The molecule has 2 heterocycles. The Bertz CT molecular complexity index is 672. The lowest BCUT2D eigenvalue weighted by molar-refractivity contribution is -0.128. The van der Waals surface area contributed by atoms with Crippen molar-refractivity contribution >= 4 is 11.9 Å². The fourth-order valence-electron chi connectivity index (χ4n) is 3.80. The molecule has 0 aromatic heterocycles. The van der Waals surface area contributed by atoms with Gasteiger partial charge in [-0.3, -0.25) is 9.79 Å². The third-order valence-corrected chi connectivity index (χ3v) is 5.70. The van der Waals surface area contributed by atoms with Gasteiger partial charge in [0.05, 0.1) is 0 Å². The summed E-state index contributed by atoms with van der Waals surface area (Å²) in [6, 6.07) is 8.43. The lowest BCUT2D eigenvalue weighted by Gasteiger charge is -2.21. The van der Waals surface area contributed by atoms with Gasteiger partial charge >= 0.3 is 0 Å². The zero-order valence-corrected chi connectivity index (χ0v) is 18.2. The lowest BCUT2D eigenvalue weighted by atomic mass is 10.0. The summed E-state index contributed by atoms with van der Waals surface area (Å²) >= 11 is 0. The molecule has 1 aromatic carbocycles. The highest BCUT2D eigenvalue weighted by Gasteiger charge is 2.19. The van der Waals surface area contributed by atoms with Gasteiger partial charge in [-0.15, -0.1) is 0 Å². The van der Waals surface area contributed by atoms with Crippen molar-refractivity contribution in [2.24, 2.45) is 10.9 Å². The molecule has 1 aromatic rings. The van der Waals surface area contributed by atoms with Crippen LogP contribution < -0.4 is 10.6 Å². The Morgan fingerprint density at radius 2 is 1.97 bits per heavy atom. The van der Waals surface area contributed by atoms with Gasteiger partial charge in [0.15, 0.2) is 5.96 Å². The maximum Gasteiger partial charge on any atom is 0.222 e. The highest BCUT2D eigenvalue weighted by Crippen LogP contribution is 2.15. The maximum absolute atomic E-state index is 11.8. The second-order valence-electron chi connectivity index (χ2n) is 8.07. The van der Waals surface area contributed by atoms with E-state index in [9.17, 15) is 4.79 Å². The molecule has 2 aliphatic rings. The van der Waals surface area contributed by atoms with E-state index in [4.69, 9.17) is 9.47 Å². The Labute approximate surface area is 180 Å². The molecule has 0 spiro atoms. The zero-order chi connectivity index (χ0) is 21.0. The number of rotatable bonds is 10. The molecule has 7 nitrogen and oxygen atoms in total. The van der Waals surface area contributed by atoms with Crippen LogP contribution in [-0.2, 0) is 27.4 Å². The number of carbonyl (C=O) groups is 1. The van der Waals surface area contributed by atoms with Crippen LogP contribution in [0.5, 0.6) is 0 Å². The summed E-state index contributed by atoms with van der Waals surface area (Å²) < 4.78 is 11.2. The number of likely N-dealkylation sites (tertiary alicyclic amines) is 1. The van der Waals surface area contributed by atoms with E-state index in [0.717, 1.165) is 71.2 Å². The molecule has 2 N–H and O–H groups in total. The van der Waals surface area contributed by atoms with Gasteiger partial charge in [0, 0.05) is 66.1 Å². The van der Waals surface area contributed by atoms with Crippen LogP contribution in [0.4, 0.5) is 0 Å². The van der Waals surface area contributed by atoms with Crippen LogP contribution in [-0.4, -0.2) is 63.3 Å². The van der Waals surface area contributed by atoms with Crippen molar-refractivity contribution in [2.75, 3.05) is 46.6 Å². The summed E-state index contributed by atoms with van der Waals surface area (Å²) in [5.74, 6) is 1.72. The van der Waals surface area contributed by atoms with Gasteiger partial charge in [-0.05, 0) is 42.7 Å². The summed E-state index contributed by atoms with van der Waals surface area (Å²) in [7, 11) is 1.78. The topological polar surface area (TPSA) is 75.2 Å². The molecular formula is C23H36N4O3. The minimum Gasteiger partial charge on any atom is -0.381 e. The van der Waals surface area contributed by atoms with Crippen molar-refractivity contribution in [2.45, 2.75) is 45.2 Å². The number of carbonyl (C=O) groups excluding carboxylic acids is 1. The molecule has 1 amide bonds. The average molecular weight is 417 g/mol.